The molecule has 0 aromatic heterocycles. The zero-order valence-corrected chi connectivity index (χ0v) is 11.4. The van der Waals surface area contributed by atoms with Gasteiger partial charge in [0, 0.05) is 18.7 Å². The van der Waals surface area contributed by atoms with Crippen LogP contribution in [0.3, 0.4) is 0 Å². The van der Waals surface area contributed by atoms with Crippen LogP contribution in [0.2, 0.25) is 0 Å². The van der Waals surface area contributed by atoms with E-state index < -0.39 is 0 Å². The van der Waals surface area contributed by atoms with E-state index in [1.54, 1.807) is 0 Å². The molecule has 0 aliphatic rings. The monoisotopic (exact) mass is 248 g/mol. The molecule has 18 heavy (non-hydrogen) atoms. The summed E-state index contributed by atoms with van der Waals surface area (Å²) in [7, 11) is 0. The second kappa shape index (κ2) is 7.75. The van der Waals surface area contributed by atoms with Crippen LogP contribution in [-0.4, -0.2) is 12.5 Å². The Morgan fingerprint density at radius 3 is 2.39 bits per heavy atom. The van der Waals surface area contributed by atoms with Gasteiger partial charge in [0.25, 0.3) is 0 Å². The fourth-order valence-electron chi connectivity index (χ4n) is 1.94. The van der Waals surface area contributed by atoms with Crippen LogP contribution in [0, 0.1) is 5.92 Å². The van der Waals surface area contributed by atoms with E-state index in [0.29, 0.717) is 18.9 Å². The van der Waals surface area contributed by atoms with Crippen LogP contribution in [0.4, 0.5) is 5.69 Å². The van der Waals surface area contributed by atoms with Crippen molar-refractivity contribution < 1.29 is 4.79 Å². The highest BCUT2D eigenvalue weighted by Gasteiger charge is 2.09. The van der Waals surface area contributed by atoms with Crippen molar-refractivity contribution in [1.29, 1.82) is 0 Å². The molecular formula is C15H24N2O. The molecule has 0 bridgehead atoms. The average Bonchev–Trinajstić information content (AvgIpc) is 2.38. The van der Waals surface area contributed by atoms with Gasteiger partial charge in [-0.1, -0.05) is 38.8 Å². The molecule has 0 unspecified atom stereocenters. The third-order valence-electron chi connectivity index (χ3n) is 3.34. The van der Waals surface area contributed by atoms with Crippen molar-refractivity contribution in [2.75, 3.05) is 12.3 Å². The standard InChI is InChI=1S/C15H24N2O/c1-3-12(4-2)11-15(18)17-10-9-13-5-7-14(16)8-6-13/h5-8,12H,3-4,9-11,16H2,1-2H3,(H,17,18). The largest absolute Gasteiger partial charge is 0.399 e. The van der Waals surface area contributed by atoms with E-state index in [1.165, 1.54) is 5.56 Å². The number of nitrogen functional groups attached to an aromatic ring is 1. The summed E-state index contributed by atoms with van der Waals surface area (Å²) >= 11 is 0. The zero-order chi connectivity index (χ0) is 13.4. The second-order valence-corrected chi connectivity index (χ2v) is 4.73. The lowest BCUT2D eigenvalue weighted by Gasteiger charge is -2.12. The zero-order valence-electron chi connectivity index (χ0n) is 11.4. The molecular weight excluding hydrogens is 224 g/mol. The molecule has 1 aromatic rings. The summed E-state index contributed by atoms with van der Waals surface area (Å²) in [6, 6.07) is 7.79. The predicted octanol–water partition coefficient (Wildman–Crippen LogP) is 2.75. The predicted molar refractivity (Wildman–Crippen MR) is 76.3 cm³/mol. The Hall–Kier alpha value is -1.51. The summed E-state index contributed by atoms with van der Waals surface area (Å²) in [5.74, 6) is 0.681. The van der Waals surface area contributed by atoms with Crippen LogP contribution in [0.25, 0.3) is 0 Å². The smallest absolute Gasteiger partial charge is 0.220 e. The molecule has 0 fully saturated rings. The van der Waals surface area contributed by atoms with E-state index in [0.717, 1.165) is 24.9 Å². The van der Waals surface area contributed by atoms with Gasteiger partial charge in [-0.25, -0.2) is 0 Å². The number of nitrogens with one attached hydrogen (secondary N) is 1. The van der Waals surface area contributed by atoms with Gasteiger partial charge >= 0.3 is 0 Å². The van der Waals surface area contributed by atoms with Gasteiger partial charge < -0.3 is 11.1 Å². The number of anilines is 1. The van der Waals surface area contributed by atoms with Gasteiger partial charge in [-0.15, -0.1) is 0 Å². The van der Waals surface area contributed by atoms with Crippen LogP contribution in [0.5, 0.6) is 0 Å². The van der Waals surface area contributed by atoms with E-state index in [-0.39, 0.29) is 5.91 Å². The van der Waals surface area contributed by atoms with Gasteiger partial charge in [0.2, 0.25) is 5.91 Å². The molecule has 0 atom stereocenters. The molecule has 100 valence electrons. The average molecular weight is 248 g/mol. The normalized spacial score (nSPS) is 10.6. The molecule has 1 amide bonds. The highest BCUT2D eigenvalue weighted by Crippen LogP contribution is 2.11. The number of carbonyl (C=O) groups is 1. The lowest BCUT2D eigenvalue weighted by molar-refractivity contribution is -0.122. The summed E-state index contributed by atoms with van der Waals surface area (Å²) in [6.45, 7) is 4.97. The Morgan fingerprint density at radius 2 is 1.83 bits per heavy atom. The van der Waals surface area contributed by atoms with Crippen LogP contribution in [0.15, 0.2) is 24.3 Å². The first-order chi connectivity index (χ1) is 8.65. The molecule has 3 N–H and O–H groups in total. The van der Waals surface area contributed by atoms with E-state index >= 15 is 0 Å². The molecule has 1 rings (SSSR count). The van der Waals surface area contributed by atoms with Crippen molar-refractivity contribution in [3.05, 3.63) is 29.8 Å². The number of rotatable bonds is 7. The molecule has 3 heteroatoms. The van der Waals surface area contributed by atoms with Gasteiger partial charge in [0.1, 0.15) is 0 Å². The molecule has 0 saturated heterocycles. The number of carbonyl (C=O) groups excluding carboxylic acids is 1. The topological polar surface area (TPSA) is 55.1 Å². The van der Waals surface area contributed by atoms with Crippen molar-refractivity contribution in [2.24, 2.45) is 5.92 Å². The first-order valence-electron chi connectivity index (χ1n) is 6.76. The van der Waals surface area contributed by atoms with Crippen molar-refractivity contribution in [3.8, 4) is 0 Å². The minimum absolute atomic E-state index is 0.166. The molecule has 0 heterocycles. The lowest BCUT2D eigenvalue weighted by Crippen LogP contribution is -2.27. The van der Waals surface area contributed by atoms with Crippen LogP contribution in [-0.2, 0) is 11.2 Å². The lowest BCUT2D eigenvalue weighted by atomic mass is 9.99. The quantitative estimate of drug-likeness (QED) is 0.729. The van der Waals surface area contributed by atoms with Crippen molar-refractivity contribution in [1.82, 2.24) is 5.32 Å². The Bertz CT molecular complexity index is 355. The first kappa shape index (κ1) is 14.6. The van der Waals surface area contributed by atoms with Crippen molar-refractivity contribution in [2.45, 2.75) is 39.5 Å². The Labute approximate surface area is 110 Å². The third-order valence-corrected chi connectivity index (χ3v) is 3.34. The van der Waals surface area contributed by atoms with Gasteiger partial charge in [-0.2, -0.15) is 0 Å². The van der Waals surface area contributed by atoms with Crippen LogP contribution in [0.1, 0.15) is 38.7 Å². The van der Waals surface area contributed by atoms with Gasteiger partial charge in [0.15, 0.2) is 0 Å². The minimum Gasteiger partial charge on any atom is -0.399 e. The number of hydrogen-bond donors (Lipinski definition) is 2. The number of nitrogens with two attached hydrogens (primary N) is 1. The molecule has 0 radical (unpaired) electrons. The van der Waals surface area contributed by atoms with Crippen LogP contribution >= 0.6 is 0 Å². The molecule has 0 saturated carbocycles. The maximum absolute atomic E-state index is 11.7. The van der Waals surface area contributed by atoms with E-state index in [9.17, 15) is 4.79 Å². The maximum atomic E-state index is 11.7. The minimum atomic E-state index is 0.166. The van der Waals surface area contributed by atoms with Gasteiger partial charge in [0.05, 0.1) is 0 Å². The SMILES string of the molecule is CCC(CC)CC(=O)NCCc1ccc(N)cc1. The van der Waals surface area contributed by atoms with Crippen LogP contribution < -0.4 is 11.1 Å². The van der Waals surface area contributed by atoms with Crippen molar-refractivity contribution in [3.63, 3.8) is 0 Å². The molecule has 0 aliphatic heterocycles. The summed E-state index contributed by atoms with van der Waals surface area (Å²) in [5, 5.41) is 2.97. The van der Waals surface area contributed by atoms with Gasteiger partial charge in [-0.05, 0) is 30.0 Å². The molecule has 0 spiro atoms. The maximum Gasteiger partial charge on any atom is 0.220 e. The summed E-state index contributed by atoms with van der Waals surface area (Å²) < 4.78 is 0. The summed E-state index contributed by atoms with van der Waals surface area (Å²) in [4.78, 5) is 11.7. The molecule has 0 aliphatic carbocycles. The Kier molecular flexibility index (Phi) is 6.26. The first-order valence-corrected chi connectivity index (χ1v) is 6.76. The number of amides is 1. The Balaban J connectivity index is 2.25. The van der Waals surface area contributed by atoms with E-state index in [4.69, 9.17) is 5.73 Å². The Morgan fingerprint density at radius 1 is 1.22 bits per heavy atom. The van der Waals surface area contributed by atoms with E-state index in [2.05, 4.69) is 19.2 Å². The molecule has 1 aromatic carbocycles. The highest BCUT2D eigenvalue weighted by atomic mass is 16.1. The summed E-state index contributed by atoms with van der Waals surface area (Å²) in [6.07, 6.45) is 3.65. The molecule has 3 nitrogen and oxygen atoms in total. The summed E-state index contributed by atoms with van der Waals surface area (Å²) in [5.41, 5.74) is 7.59. The van der Waals surface area contributed by atoms with Crippen molar-refractivity contribution >= 4 is 11.6 Å². The second-order valence-electron chi connectivity index (χ2n) is 4.73. The fraction of sp³-hybridized carbons (Fsp3) is 0.533. The highest BCUT2D eigenvalue weighted by molar-refractivity contribution is 5.76. The van der Waals surface area contributed by atoms with Gasteiger partial charge in [-0.3, -0.25) is 4.79 Å². The fourth-order valence-corrected chi connectivity index (χ4v) is 1.94. The number of benzene rings is 1. The third kappa shape index (κ3) is 5.21. The number of hydrogen-bond acceptors (Lipinski definition) is 2. The van der Waals surface area contributed by atoms with E-state index in [1.807, 2.05) is 24.3 Å².